The molecule has 0 aliphatic heterocycles. The van der Waals surface area contributed by atoms with Crippen LogP contribution in [0.4, 0.5) is 0 Å². The van der Waals surface area contributed by atoms with Gasteiger partial charge in [-0.15, -0.1) is 0 Å². The number of carboxylic acids is 1. The molecule has 2 N–H and O–H groups in total. The normalized spacial score (nSPS) is 11.1. The van der Waals surface area contributed by atoms with Crippen LogP contribution in [0.1, 0.15) is 16.1 Å². The van der Waals surface area contributed by atoms with Gasteiger partial charge in [-0.3, -0.25) is 0 Å². The van der Waals surface area contributed by atoms with Crippen LogP contribution in [0.15, 0.2) is 42.5 Å². The van der Waals surface area contributed by atoms with Crippen LogP contribution in [0, 0.1) is 0 Å². The second-order valence-electron chi connectivity index (χ2n) is 6.27. The third-order valence-electron chi connectivity index (χ3n) is 3.94. The number of aromatic carboxylic acids is 1. The van der Waals surface area contributed by atoms with Crippen LogP contribution in [0.3, 0.4) is 0 Å². The van der Waals surface area contributed by atoms with Crippen molar-refractivity contribution < 1.29 is 15.0 Å². The highest BCUT2D eigenvalue weighted by molar-refractivity contribution is 6.35. The number of aromatic hydroxyl groups is 1. The fourth-order valence-electron chi connectivity index (χ4n) is 2.83. The Morgan fingerprint density at radius 1 is 1.15 bits per heavy atom. The van der Waals surface area contributed by atoms with Gasteiger partial charge in [0.05, 0.1) is 16.4 Å². The van der Waals surface area contributed by atoms with Crippen LogP contribution in [-0.4, -0.2) is 45.0 Å². The summed E-state index contributed by atoms with van der Waals surface area (Å²) in [6.45, 7) is 0.364. The van der Waals surface area contributed by atoms with E-state index in [0.717, 1.165) is 0 Å². The van der Waals surface area contributed by atoms with Crippen molar-refractivity contribution >= 4 is 29.2 Å². The minimum absolute atomic E-state index is 0.0576. The zero-order chi connectivity index (χ0) is 19.7. The lowest BCUT2D eigenvalue weighted by atomic mass is 10.0. The molecule has 0 atom stereocenters. The molecule has 2 aromatic carbocycles. The monoisotopic (exact) mass is 405 g/mol. The van der Waals surface area contributed by atoms with E-state index < -0.39 is 5.97 Å². The van der Waals surface area contributed by atoms with E-state index in [2.05, 4.69) is 5.10 Å². The number of hydrogen-bond acceptors (Lipinski definition) is 4. The predicted molar refractivity (Wildman–Crippen MR) is 105 cm³/mol. The van der Waals surface area contributed by atoms with Gasteiger partial charge in [0.2, 0.25) is 0 Å². The highest BCUT2D eigenvalue weighted by Crippen LogP contribution is 2.34. The van der Waals surface area contributed by atoms with Gasteiger partial charge in [0.1, 0.15) is 5.75 Å². The highest BCUT2D eigenvalue weighted by atomic mass is 35.5. The van der Waals surface area contributed by atoms with Gasteiger partial charge in [-0.2, -0.15) is 5.10 Å². The Labute approximate surface area is 166 Å². The molecule has 8 heteroatoms. The predicted octanol–water partition coefficient (Wildman–Crippen LogP) is 4.31. The van der Waals surface area contributed by atoms with Crippen molar-refractivity contribution in [2.45, 2.75) is 6.54 Å². The quantitative estimate of drug-likeness (QED) is 0.660. The molecule has 6 nitrogen and oxygen atoms in total. The molecule has 3 aromatic rings. The maximum absolute atomic E-state index is 11.8. The molecule has 3 rings (SSSR count). The van der Waals surface area contributed by atoms with Crippen LogP contribution >= 0.6 is 23.2 Å². The smallest absolute Gasteiger partial charge is 0.356 e. The van der Waals surface area contributed by atoms with Crippen molar-refractivity contribution in [2.24, 2.45) is 0 Å². The minimum Gasteiger partial charge on any atom is -0.508 e. The number of carbonyl (C=O) groups is 1. The third-order valence-corrected chi connectivity index (χ3v) is 4.48. The summed E-state index contributed by atoms with van der Waals surface area (Å²) in [5.41, 5.74) is 2.29. The second kappa shape index (κ2) is 7.60. The van der Waals surface area contributed by atoms with E-state index in [0.29, 0.717) is 39.1 Å². The summed E-state index contributed by atoms with van der Waals surface area (Å²) in [4.78, 5) is 13.7. The first-order valence-electron chi connectivity index (χ1n) is 8.02. The molecule has 0 aliphatic carbocycles. The van der Waals surface area contributed by atoms with Gasteiger partial charge < -0.3 is 15.1 Å². The molecular weight excluding hydrogens is 389 g/mol. The summed E-state index contributed by atoms with van der Waals surface area (Å²) in [6, 6.07) is 11.4. The Kier molecular flexibility index (Phi) is 5.41. The van der Waals surface area contributed by atoms with Crippen molar-refractivity contribution in [3.63, 3.8) is 0 Å². The Bertz CT molecular complexity index is 998. The number of carboxylic acid groups (broad SMARTS) is 1. The molecule has 0 unspecified atom stereocenters. The average Bonchev–Trinajstić information content (AvgIpc) is 2.94. The molecule has 0 bridgehead atoms. The summed E-state index contributed by atoms with van der Waals surface area (Å²) in [6.07, 6.45) is 0. The van der Waals surface area contributed by atoms with Gasteiger partial charge in [0, 0.05) is 22.7 Å². The summed E-state index contributed by atoms with van der Waals surface area (Å²) < 4.78 is 1.51. The fraction of sp³-hybridized carbons (Fsp3) is 0.158. The molecule has 0 aliphatic rings. The van der Waals surface area contributed by atoms with Crippen LogP contribution in [0.5, 0.6) is 5.75 Å². The van der Waals surface area contributed by atoms with Gasteiger partial charge in [-0.05, 0) is 56.6 Å². The van der Waals surface area contributed by atoms with E-state index >= 15 is 0 Å². The number of phenolic OH excluding ortho intramolecular Hbond substituents is 1. The van der Waals surface area contributed by atoms with Crippen molar-refractivity contribution in [2.75, 3.05) is 14.1 Å². The molecule has 0 saturated carbocycles. The van der Waals surface area contributed by atoms with Gasteiger partial charge in [0.15, 0.2) is 5.69 Å². The summed E-state index contributed by atoms with van der Waals surface area (Å²) in [5.74, 6) is -1.02. The molecule has 27 heavy (non-hydrogen) atoms. The summed E-state index contributed by atoms with van der Waals surface area (Å²) >= 11 is 12.3. The molecule has 0 amide bonds. The first kappa shape index (κ1) is 19.2. The lowest BCUT2D eigenvalue weighted by Gasteiger charge is -2.14. The number of rotatable bonds is 5. The SMILES string of the molecule is CN(C)Cc1c(C(=O)O)nn(-c2ccc(Cl)cc2Cl)c1-c1ccc(O)cc1. The molecule has 0 fully saturated rings. The Balaban J connectivity index is 2.34. The van der Waals surface area contributed by atoms with Crippen LogP contribution in [0.2, 0.25) is 10.0 Å². The maximum Gasteiger partial charge on any atom is 0.356 e. The number of nitrogens with zero attached hydrogens (tertiary/aromatic N) is 3. The third kappa shape index (κ3) is 3.93. The van der Waals surface area contributed by atoms with E-state index in [-0.39, 0.29) is 11.4 Å². The van der Waals surface area contributed by atoms with Gasteiger partial charge in [-0.25, -0.2) is 9.48 Å². The van der Waals surface area contributed by atoms with Gasteiger partial charge in [0.25, 0.3) is 0 Å². The molecule has 140 valence electrons. The van der Waals surface area contributed by atoms with E-state index in [4.69, 9.17) is 23.2 Å². The number of benzene rings is 2. The molecule has 0 spiro atoms. The molecular formula is C19H17Cl2N3O3. The van der Waals surface area contributed by atoms with Crippen LogP contribution in [0.25, 0.3) is 16.9 Å². The van der Waals surface area contributed by atoms with Crippen LogP contribution in [-0.2, 0) is 6.54 Å². The number of phenols is 1. The standard InChI is InChI=1S/C19H17Cl2N3O3/c1-23(2)10-14-17(19(26)27)22-24(16-8-5-12(20)9-15(16)21)18(14)11-3-6-13(25)7-4-11/h3-9,25H,10H2,1-2H3,(H,26,27). The topological polar surface area (TPSA) is 78.6 Å². The van der Waals surface area contributed by atoms with Crippen molar-refractivity contribution in [3.05, 3.63) is 63.8 Å². The van der Waals surface area contributed by atoms with Crippen LogP contribution < -0.4 is 0 Å². The number of hydrogen-bond donors (Lipinski definition) is 2. The fourth-order valence-corrected chi connectivity index (χ4v) is 3.32. The van der Waals surface area contributed by atoms with Gasteiger partial charge >= 0.3 is 5.97 Å². The van der Waals surface area contributed by atoms with Crippen molar-refractivity contribution in [3.8, 4) is 22.7 Å². The zero-order valence-corrected chi connectivity index (χ0v) is 16.2. The Hall–Kier alpha value is -2.54. The first-order valence-corrected chi connectivity index (χ1v) is 8.78. The van der Waals surface area contributed by atoms with Gasteiger partial charge in [-0.1, -0.05) is 23.2 Å². The lowest BCUT2D eigenvalue weighted by molar-refractivity contribution is 0.0688. The largest absolute Gasteiger partial charge is 0.508 e. The highest BCUT2D eigenvalue weighted by Gasteiger charge is 2.25. The molecule has 1 heterocycles. The van der Waals surface area contributed by atoms with E-state index in [1.54, 1.807) is 30.3 Å². The number of aromatic nitrogens is 2. The molecule has 1 aromatic heterocycles. The second-order valence-corrected chi connectivity index (χ2v) is 7.12. The molecule has 0 radical (unpaired) electrons. The zero-order valence-electron chi connectivity index (χ0n) is 14.6. The van der Waals surface area contributed by atoms with Crippen molar-refractivity contribution in [1.82, 2.24) is 14.7 Å². The Morgan fingerprint density at radius 3 is 2.37 bits per heavy atom. The van der Waals surface area contributed by atoms with E-state index in [9.17, 15) is 15.0 Å². The first-order chi connectivity index (χ1) is 12.8. The maximum atomic E-state index is 11.8. The van der Waals surface area contributed by atoms with Crippen molar-refractivity contribution in [1.29, 1.82) is 0 Å². The lowest BCUT2D eigenvalue weighted by Crippen LogP contribution is -2.14. The average molecular weight is 406 g/mol. The summed E-state index contributed by atoms with van der Waals surface area (Å²) in [7, 11) is 3.69. The minimum atomic E-state index is -1.13. The number of halogens is 2. The Morgan fingerprint density at radius 2 is 1.81 bits per heavy atom. The molecule has 0 saturated heterocycles. The van der Waals surface area contributed by atoms with E-state index in [1.165, 1.54) is 16.8 Å². The summed E-state index contributed by atoms with van der Waals surface area (Å²) in [5, 5.41) is 24.4. The van der Waals surface area contributed by atoms with E-state index in [1.807, 2.05) is 19.0 Å².